The van der Waals surface area contributed by atoms with Gasteiger partial charge in [-0.2, -0.15) is 0 Å². The van der Waals surface area contributed by atoms with Crippen LogP contribution < -0.4 is 24.4 Å². The third kappa shape index (κ3) is 10.1. The highest BCUT2D eigenvalue weighted by Crippen LogP contribution is 2.43. The first-order valence-electron chi connectivity index (χ1n) is 20.7. The Labute approximate surface area is 371 Å². The Morgan fingerprint density at radius 1 is 0.968 bits per heavy atom. The zero-order chi connectivity index (χ0) is 44.3. The summed E-state index contributed by atoms with van der Waals surface area (Å²) in [4.78, 5) is 37.1. The fraction of sp³-hybridized carbons (Fsp3) is 0.277. The number of aromatic nitrogens is 2. The van der Waals surface area contributed by atoms with Crippen molar-refractivity contribution in [2.75, 3.05) is 50.1 Å². The van der Waals surface area contributed by atoms with Gasteiger partial charge in [-0.05, 0) is 102 Å². The molecule has 0 unspecified atom stereocenters. The summed E-state index contributed by atoms with van der Waals surface area (Å²) in [5.41, 5.74) is 6.14. The molecular weight excluding hydrogens is 842 g/mol. The number of hydrogen-bond acceptors (Lipinski definition) is 11. The fourth-order valence-corrected chi connectivity index (χ4v) is 9.29. The van der Waals surface area contributed by atoms with E-state index in [-0.39, 0.29) is 29.0 Å². The summed E-state index contributed by atoms with van der Waals surface area (Å²) in [6.45, 7) is 8.81. The van der Waals surface area contributed by atoms with Crippen molar-refractivity contribution in [1.82, 2.24) is 19.6 Å². The van der Waals surface area contributed by atoms with Gasteiger partial charge in [-0.15, -0.1) is 0 Å². The second-order valence-corrected chi connectivity index (χ2v) is 18.8. The van der Waals surface area contributed by atoms with Crippen LogP contribution in [0.15, 0.2) is 120 Å². The maximum atomic E-state index is 13.9. The molecule has 16 heteroatoms. The SMILES string of the molecule is COc1cccc(CNc2ccc(S(=O)(=O)NC(=O)c3ccc(N4CCN(CC5=C(c6ccc(Cl)cc6)CC(C)(C)CC5)CC4)cc3Oc3cnc4[nH]ccc4c3)cc2[N+](=O)[O-])c1. The number of pyridine rings is 1. The Morgan fingerprint density at radius 2 is 1.76 bits per heavy atom. The van der Waals surface area contributed by atoms with Crippen molar-refractivity contribution in [2.45, 2.75) is 44.6 Å². The van der Waals surface area contributed by atoms with Crippen molar-refractivity contribution < 1.29 is 27.6 Å². The Kier molecular flexibility index (Phi) is 12.4. The zero-order valence-corrected chi connectivity index (χ0v) is 36.8. The molecule has 63 heavy (non-hydrogen) atoms. The molecule has 1 amide bonds. The van der Waals surface area contributed by atoms with Crippen LogP contribution in [0, 0.1) is 15.5 Å². The maximum Gasteiger partial charge on any atom is 0.293 e. The van der Waals surface area contributed by atoms with Crippen molar-refractivity contribution in [2.24, 2.45) is 5.41 Å². The predicted molar refractivity (Wildman–Crippen MR) is 245 cm³/mol. The number of benzene rings is 4. The lowest BCUT2D eigenvalue weighted by Crippen LogP contribution is -2.47. The van der Waals surface area contributed by atoms with Gasteiger partial charge in [0.05, 0.1) is 28.7 Å². The van der Waals surface area contributed by atoms with E-state index in [0.717, 1.165) is 66.6 Å². The van der Waals surface area contributed by atoms with Crippen molar-refractivity contribution in [1.29, 1.82) is 0 Å². The van der Waals surface area contributed by atoms with E-state index >= 15 is 0 Å². The number of nitrogens with one attached hydrogen (secondary N) is 3. The van der Waals surface area contributed by atoms with Crippen molar-refractivity contribution in [3.8, 4) is 17.2 Å². The van der Waals surface area contributed by atoms with Gasteiger partial charge in [0.25, 0.3) is 21.6 Å². The fourth-order valence-electron chi connectivity index (χ4n) is 8.17. The molecule has 14 nitrogen and oxygen atoms in total. The van der Waals surface area contributed by atoms with Crippen LogP contribution in [0.2, 0.25) is 5.02 Å². The van der Waals surface area contributed by atoms with Gasteiger partial charge in [-0.1, -0.05) is 55.3 Å². The molecule has 0 bridgehead atoms. The number of nitrogens with zero attached hydrogens (tertiary/aromatic N) is 4. The van der Waals surface area contributed by atoms with Crippen molar-refractivity contribution >= 4 is 61.2 Å². The van der Waals surface area contributed by atoms with Crippen LogP contribution in [0.1, 0.15) is 54.6 Å². The molecule has 2 aromatic heterocycles. The summed E-state index contributed by atoms with van der Waals surface area (Å²) in [7, 11) is -3.05. The first-order valence-corrected chi connectivity index (χ1v) is 22.5. The maximum absolute atomic E-state index is 13.9. The van der Waals surface area contributed by atoms with Crippen LogP contribution in [0.4, 0.5) is 17.1 Å². The van der Waals surface area contributed by atoms with E-state index in [9.17, 15) is 23.3 Å². The van der Waals surface area contributed by atoms with E-state index in [4.69, 9.17) is 21.1 Å². The highest BCUT2D eigenvalue weighted by Gasteiger charge is 2.30. The number of piperazine rings is 1. The van der Waals surface area contributed by atoms with Gasteiger partial charge in [0.1, 0.15) is 28.6 Å². The number of anilines is 2. The number of ether oxygens (including phenoxy) is 2. The molecule has 2 aliphatic rings. The van der Waals surface area contributed by atoms with Crippen LogP contribution in [0.25, 0.3) is 16.6 Å². The summed E-state index contributed by atoms with van der Waals surface area (Å²) in [5, 5.41) is 16.6. The summed E-state index contributed by atoms with van der Waals surface area (Å²) in [6.07, 6.45) is 6.45. The van der Waals surface area contributed by atoms with Crippen LogP contribution in [-0.4, -0.2) is 73.9 Å². The number of fused-ring (bicyclic) bond motifs is 1. The van der Waals surface area contributed by atoms with Crippen LogP contribution >= 0.6 is 11.6 Å². The number of carbonyl (C=O) groups is 1. The predicted octanol–water partition coefficient (Wildman–Crippen LogP) is 9.44. The number of methoxy groups -OCH3 is 1. The van der Waals surface area contributed by atoms with Gasteiger partial charge < -0.3 is 24.7 Å². The monoisotopic (exact) mass is 889 g/mol. The minimum atomic E-state index is -4.59. The van der Waals surface area contributed by atoms with E-state index in [0.29, 0.717) is 30.2 Å². The molecule has 3 heterocycles. The molecule has 1 aliphatic heterocycles. The minimum Gasteiger partial charge on any atom is -0.497 e. The number of H-pyrrole nitrogens is 1. The van der Waals surface area contributed by atoms with Gasteiger partial charge >= 0.3 is 0 Å². The van der Waals surface area contributed by atoms with Crippen molar-refractivity contribution in [3.63, 3.8) is 0 Å². The van der Waals surface area contributed by atoms with E-state index in [1.807, 2.05) is 24.3 Å². The first-order chi connectivity index (χ1) is 30.2. The van der Waals surface area contributed by atoms with Crippen LogP contribution in [0.5, 0.6) is 17.2 Å². The normalized spacial score (nSPS) is 15.6. The number of nitro benzene ring substituents is 1. The Morgan fingerprint density at radius 3 is 2.52 bits per heavy atom. The largest absolute Gasteiger partial charge is 0.497 e. The lowest BCUT2D eigenvalue weighted by atomic mass is 9.72. The first kappa shape index (κ1) is 43.2. The van der Waals surface area contributed by atoms with E-state index in [2.05, 4.69) is 55.8 Å². The number of amides is 1. The number of carbonyl (C=O) groups excluding carboxylic acids is 1. The van der Waals surface area contributed by atoms with Gasteiger partial charge in [-0.25, -0.2) is 18.1 Å². The van der Waals surface area contributed by atoms with Gasteiger partial charge in [0.2, 0.25) is 0 Å². The molecule has 3 N–H and O–H groups in total. The number of hydrogen-bond donors (Lipinski definition) is 3. The van der Waals surface area contributed by atoms with Gasteiger partial charge in [-0.3, -0.25) is 19.8 Å². The lowest BCUT2D eigenvalue weighted by molar-refractivity contribution is -0.384. The molecular formula is C47H48ClN7O7S. The molecule has 4 aromatic carbocycles. The van der Waals surface area contributed by atoms with Gasteiger partial charge in [0, 0.05) is 73.7 Å². The number of aromatic amines is 1. The molecule has 1 saturated heterocycles. The Hall–Kier alpha value is -6.42. The second-order valence-electron chi connectivity index (χ2n) is 16.6. The molecule has 0 radical (unpaired) electrons. The standard InChI is InChI=1S/C47H48ClN7O7S/c1-47(2)17-15-34(41(27-47)32-7-9-35(48)10-8-32)30-53-19-21-54(22-20-53)36-11-13-40(44(25-36)62-38-24-33-16-18-49-45(33)51-29-38)46(56)52-63(59,60)39-12-14-42(43(26-39)55(57)58)50-28-31-5-4-6-37(23-31)61-3/h4-14,16,18,23-26,29,50H,15,17,19-22,27-28,30H2,1-3H3,(H,49,51)(H,52,56). The minimum absolute atomic E-state index is 0.0527. The molecule has 0 spiro atoms. The zero-order valence-electron chi connectivity index (χ0n) is 35.2. The summed E-state index contributed by atoms with van der Waals surface area (Å²) in [6, 6.07) is 27.4. The summed E-state index contributed by atoms with van der Waals surface area (Å²) >= 11 is 6.24. The number of allylic oxidation sites excluding steroid dienone is 1. The Bertz CT molecular complexity index is 2820. The van der Waals surface area contributed by atoms with Crippen LogP contribution in [-0.2, 0) is 16.6 Å². The molecule has 6 aromatic rings. The smallest absolute Gasteiger partial charge is 0.293 e. The second kappa shape index (κ2) is 18.1. The number of nitro groups is 1. The third-order valence-corrected chi connectivity index (χ3v) is 13.2. The average Bonchev–Trinajstić information content (AvgIpc) is 3.75. The molecule has 1 fully saturated rings. The number of rotatable bonds is 14. The van der Waals surface area contributed by atoms with E-state index < -0.39 is 31.4 Å². The summed E-state index contributed by atoms with van der Waals surface area (Å²) < 4.78 is 41.1. The molecule has 326 valence electrons. The lowest BCUT2D eigenvalue weighted by Gasteiger charge is -2.39. The summed E-state index contributed by atoms with van der Waals surface area (Å²) in [5.74, 6) is 0.109. The molecule has 8 rings (SSSR count). The highest BCUT2D eigenvalue weighted by molar-refractivity contribution is 7.90. The third-order valence-electron chi connectivity index (χ3n) is 11.7. The quantitative estimate of drug-likeness (QED) is 0.0703. The Balaban J connectivity index is 1.01. The highest BCUT2D eigenvalue weighted by atomic mass is 35.5. The van der Waals surface area contributed by atoms with Crippen molar-refractivity contribution in [3.05, 3.63) is 147 Å². The van der Waals surface area contributed by atoms with E-state index in [1.54, 1.807) is 42.6 Å². The van der Waals surface area contributed by atoms with Gasteiger partial charge in [0.15, 0.2) is 0 Å². The molecule has 1 aliphatic carbocycles. The van der Waals surface area contributed by atoms with E-state index in [1.165, 1.54) is 48.2 Å². The molecule has 0 saturated carbocycles. The average molecular weight is 890 g/mol. The van der Waals surface area contributed by atoms with Crippen LogP contribution in [0.3, 0.4) is 0 Å². The number of halogens is 1. The topological polar surface area (TPSA) is 172 Å². The number of sulfonamides is 1. The molecule has 0 atom stereocenters.